The number of aryl methyl sites for hydroxylation is 2. The molecule has 0 spiro atoms. The fourth-order valence-corrected chi connectivity index (χ4v) is 3.06. The maximum Gasteiger partial charge on any atom is 0.238 e. The monoisotopic (exact) mass is 363 g/mol. The van der Waals surface area contributed by atoms with Crippen molar-refractivity contribution in [3.63, 3.8) is 0 Å². The van der Waals surface area contributed by atoms with E-state index in [1.807, 2.05) is 32.0 Å². The molecule has 128 valence electrons. The van der Waals surface area contributed by atoms with E-state index in [9.17, 15) is 8.42 Å². The lowest BCUT2D eigenvalue weighted by atomic mass is 10.1. The first-order valence-electron chi connectivity index (χ1n) is 7.50. The molecular weight excluding hydrogens is 342 g/mol. The summed E-state index contributed by atoms with van der Waals surface area (Å²) in [6.45, 7) is 4.71. The molecule has 0 radical (unpaired) electrons. The maximum absolute atomic E-state index is 11.2. The van der Waals surface area contributed by atoms with Gasteiger partial charge in [0.25, 0.3) is 0 Å². The van der Waals surface area contributed by atoms with Crippen LogP contribution in [0.25, 0.3) is 0 Å². The maximum atomic E-state index is 11.2. The number of para-hydroxylation sites is 1. The molecule has 2 aromatic rings. The van der Waals surface area contributed by atoms with Gasteiger partial charge < -0.3 is 10.6 Å². The Balaban J connectivity index is 1.87. The highest BCUT2D eigenvalue weighted by Crippen LogP contribution is 2.19. The summed E-state index contributed by atoms with van der Waals surface area (Å²) in [6, 6.07) is 12.6. The summed E-state index contributed by atoms with van der Waals surface area (Å²) in [7, 11) is -3.64. The van der Waals surface area contributed by atoms with Crippen LogP contribution in [0.15, 0.2) is 47.4 Å². The lowest BCUT2D eigenvalue weighted by Crippen LogP contribution is -2.30. The lowest BCUT2D eigenvalue weighted by Gasteiger charge is -2.14. The number of sulfonamides is 1. The zero-order valence-corrected chi connectivity index (χ0v) is 15.3. The second-order valence-electron chi connectivity index (χ2n) is 5.59. The Kier molecular flexibility index (Phi) is 5.93. The summed E-state index contributed by atoms with van der Waals surface area (Å²) in [5.41, 5.74) is 4.30. The molecule has 24 heavy (non-hydrogen) atoms. The minimum atomic E-state index is -3.64. The number of anilines is 1. The van der Waals surface area contributed by atoms with Crippen LogP contribution in [0.2, 0.25) is 0 Å². The smallest absolute Gasteiger partial charge is 0.238 e. The average Bonchev–Trinajstić information content (AvgIpc) is 2.51. The van der Waals surface area contributed by atoms with E-state index in [4.69, 9.17) is 17.4 Å². The SMILES string of the molecule is Cc1cccc(C)c1NC(=S)NCCc1ccc(S(N)(=O)=O)cc1. The number of thiocarbonyl (C=S) groups is 1. The number of hydrogen-bond donors (Lipinski definition) is 3. The molecule has 0 aliphatic heterocycles. The Hall–Kier alpha value is -1.96. The highest BCUT2D eigenvalue weighted by molar-refractivity contribution is 7.89. The van der Waals surface area contributed by atoms with Gasteiger partial charge in [-0.3, -0.25) is 0 Å². The van der Waals surface area contributed by atoms with Gasteiger partial charge in [-0.2, -0.15) is 0 Å². The predicted molar refractivity (Wildman–Crippen MR) is 102 cm³/mol. The number of rotatable bonds is 5. The van der Waals surface area contributed by atoms with Gasteiger partial charge in [-0.05, 0) is 61.3 Å². The molecule has 0 aliphatic rings. The van der Waals surface area contributed by atoms with Crippen molar-refractivity contribution < 1.29 is 8.42 Å². The Labute approximate surface area is 148 Å². The van der Waals surface area contributed by atoms with Gasteiger partial charge in [-0.25, -0.2) is 13.6 Å². The van der Waals surface area contributed by atoms with Crippen LogP contribution in [0.5, 0.6) is 0 Å². The fourth-order valence-electron chi connectivity index (χ4n) is 2.34. The van der Waals surface area contributed by atoms with Crippen molar-refractivity contribution >= 4 is 33.0 Å². The number of nitrogens with one attached hydrogen (secondary N) is 2. The summed E-state index contributed by atoms with van der Waals surface area (Å²) in [5.74, 6) is 0. The first kappa shape index (κ1) is 18.4. The fraction of sp³-hybridized carbons (Fsp3) is 0.235. The summed E-state index contributed by atoms with van der Waals surface area (Å²) in [4.78, 5) is 0.117. The zero-order valence-electron chi connectivity index (χ0n) is 13.7. The summed E-state index contributed by atoms with van der Waals surface area (Å²) in [5, 5.41) is 12.0. The molecule has 0 unspecified atom stereocenters. The Morgan fingerprint density at radius 2 is 1.67 bits per heavy atom. The van der Waals surface area contributed by atoms with E-state index < -0.39 is 10.0 Å². The summed E-state index contributed by atoms with van der Waals surface area (Å²) in [6.07, 6.45) is 0.722. The topological polar surface area (TPSA) is 84.2 Å². The van der Waals surface area contributed by atoms with Crippen molar-refractivity contribution in [3.05, 3.63) is 59.2 Å². The third kappa shape index (κ3) is 5.02. The Morgan fingerprint density at radius 1 is 1.08 bits per heavy atom. The zero-order chi connectivity index (χ0) is 17.7. The highest BCUT2D eigenvalue weighted by atomic mass is 32.2. The van der Waals surface area contributed by atoms with Gasteiger partial charge in [-0.15, -0.1) is 0 Å². The van der Waals surface area contributed by atoms with Crippen molar-refractivity contribution in [1.82, 2.24) is 5.32 Å². The number of hydrogen-bond acceptors (Lipinski definition) is 3. The Bertz CT molecular complexity index is 811. The van der Waals surface area contributed by atoms with E-state index in [-0.39, 0.29) is 4.90 Å². The highest BCUT2D eigenvalue weighted by Gasteiger charge is 2.07. The lowest BCUT2D eigenvalue weighted by molar-refractivity contribution is 0.598. The van der Waals surface area contributed by atoms with Crippen molar-refractivity contribution in [3.8, 4) is 0 Å². The molecule has 4 N–H and O–H groups in total. The van der Waals surface area contributed by atoms with Crippen molar-refractivity contribution in [2.24, 2.45) is 5.14 Å². The predicted octanol–water partition coefficient (Wildman–Crippen LogP) is 2.48. The van der Waals surface area contributed by atoms with E-state index in [1.165, 1.54) is 12.1 Å². The standard InChI is InChI=1S/C17H21N3O2S2/c1-12-4-3-5-13(2)16(12)20-17(23)19-11-10-14-6-8-15(9-7-14)24(18,21)22/h3-9H,10-11H2,1-2H3,(H2,18,21,22)(H2,19,20,23). The van der Waals surface area contributed by atoms with Crippen LogP contribution in [0.1, 0.15) is 16.7 Å². The summed E-state index contributed by atoms with van der Waals surface area (Å²) >= 11 is 5.32. The number of nitrogens with two attached hydrogens (primary N) is 1. The quantitative estimate of drug-likeness (QED) is 0.711. The van der Waals surface area contributed by atoms with E-state index in [0.29, 0.717) is 11.7 Å². The molecule has 7 heteroatoms. The molecule has 2 rings (SSSR count). The molecule has 0 aromatic heterocycles. The van der Waals surface area contributed by atoms with Crippen molar-refractivity contribution in [2.45, 2.75) is 25.2 Å². The molecule has 0 saturated heterocycles. The third-order valence-electron chi connectivity index (χ3n) is 3.67. The van der Waals surface area contributed by atoms with Gasteiger partial charge in [-0.1, -0.05) is 30.3 Å². The van der Waals surface area contributed by atoms with E-state index in [0.717, 1.165) is 28.8 Å². The van der Waals surface area contributed by atoms with Crippen molar-refractivity contribution in [2.75, 3.05) is 11.9 Å². The van der Waals surface area contributed by atoms with Crippen molar-refractivity contribution in [1.29, 1.82) is 0 Å². The van der Waals surface area contributed by atoms with Crippen LogP contribution in [0.3, 0.4) is 0 Å². The van der Waals surface area contributed by atoms with Gasteiger partial charge in [0.2, 0.25) is 10.0 Å². The van der Waals surface area contributed by atoms with Crippen LogP contribution in [-0.2, 0) is 16.4 Å². The van der Waals surface area contributed by atoms with Crippen LogP contribution < -0.4 is 15.8 Å². The van der Waals surface area contributed by atoms with Gasteiger partial charge in [0.15, 0.2) is 5.11 Å². The average molecular weight is 364 g/mol. The largest absolute Gasteiger partial charge is 0.362 e. The second kappa shape index (κ2) is 7.74. The van der Waals surface area contributed by atoms with Crippen LogP contribution in [-0.4, -0.2) is 20.1 Å². The number of benzene rings is 2. The molecular formula is C17H21N3O2S2. The van der Waals surface area contributed by atoms with Gasteiger partial charge >= 0.3 is 0 Å². The Morgan fingerprint density at radius 3 is 2.21 bits per heavy atom. The van der Waals surface area contributed by atoms with Crippen LogP contribution >= 0.6 is 12.2 Å². The molecule has 0 atom stereocenters. The molecule has 0 bridgehead atoms. The van der Waals surface area contributed by atoms with Gasteiger partial charge in [0, 0.05) is 12.2 Å². The minimum Gasteiger partial charge on any atom is -0.362 e. The molecule has 0 heterocycles. The molecule has 0 saturated carbocycles. The third-order valence-corrected chi connectivity index (χ3v) is 4.85. The van der Waals surface area contributed by atoms with Gasteiger partial charge in [0.05, 0.1) is 4.90 Å². The van der Waals surface area contributed by atoms with E-state index in [2.05, 4.69) is 10.6 Å². The minimum absolute atomic E-state index is 0.117. The molecule has 2 aromatic carbocycles. The molecule has 5 nitrogen and oxygen atoms in total. The normalized spacial score (nSPS) is 11.1. The number of primary sulfonamides is 1. The van der Waals surface area contributed by atoms with E-state index >= 15 is 0 Å². The second-order valence-corrected chi connectivity index (χ2v) is 7.56. The first-order chi connectivity index (χ1) is 11.3. The van der Waals surface area contributed by atoms with Crippen LogP contribution in [0, 0.1) is 13.8 Å². The molecule has 0 aliphatic carbocycles. The van der Waals surface area contributed by atoms with Crippen LogP contribution in [0.4, 0.5) is 5.69 Å². The first-order valence-corrected chi connectivity index (χ1v) is 9.45. The molecule has 0 fully saturated rings. The molecule has 0 amide bonds. The van der Waals surface area contributed by atoms with Gasteiger partial charge in [0.1, 0.15) is 0 Å². The summed E-state index contributed by atoms with van der Waals surface area (Å²) < 4.78 is 22.4. The van der Waals surface area contributed by atoms with E-state index in [1.54, 1.807) is 12.1 Å².